The number of hydrogen-bond acceptors (Lipinski definition) is 5. The number of aromatic nitrogens is 2. The molecule has 2 fully saturated rings. The molecule has 3 heterocycles. The van der Waals surface area contributed by atoms with Crippen LogP contribution in [-0.2, 0) is 16.6 Å². The highest BCUT2D eigenvalue weighted by Gasteiger charge is 2.41. The van der Waals surface area contributed by atoms with Crippen LogP contribution in [0.2, 0.25) is 0 Å². The van der Waals surface area contributed by atoms with Crippen molar-refractivity contribution in [1.82, 2.24) is 19.6 Å². The number of rotatable bonds is 4. The molecule has 0 radical (unpaired) electrons. The first-order valence-corrected chi connectivity index (χ1v) is 11.3. The van der Waals surface area contributed by atoms with Gasteiger partial charge < -0.3 is 4.90 Å². The second kappa shape index (κ2) is 7.21. The summed E-state index contributed by atoms with van der Waals surface area (Å²) in [5.41, 5.74) is 2.60. The Morgan fingerprint density at radius 1 is 1.18 bits per heavy atom. The van der Waals surface area contributed by atoms with E-state index in [1.165, 1.54) is 28.1 Å². The third-order valence-corrected chi connectivity index (χ3v) is 5.98. The van der Waals surface area contributed by atoms with Crippen LogP contribution in [-0.4, -0.2) is 66.5 Å². The van der Waals surface area contributed by atoms with Crippen molar-refractivity contribution in [2.24, 2.45) is 11.8 Å². The average Bonchev–Trinajstić information content (AvgIpc) is 3.27. The van der Waals surface area contributed by atoms with Gasteiger partial charge in [-0.1, -0.05) is 29.8 Å². The lowest BCUT2D eigenvalue weighted by Crippen LogP contribution is -2.36. The van der Waals surface area contributed by atoms with Gasteiger partial charge in [0.15, 0.2) is 5.82 Å². The molecule has 2 aromatic rings. The van der Waals surface area contributed by atoms with Crippen LogP contribution in [0.3, 0.4) is 0 Å². The van der Waals surface area contributed by atoms with E-state index in [9.17, 15) is 13.2 Å². The molecule has 8 nitrogen and oxygen atoms in total. The van der Waals surface area contributed by atoms with Crippen molar-refractivity contribution in [1.29, 1.82) is 0 Å². The summed E-state index contributed by atoms with van der Waals surface area (Å²) in [5.74, 6) is 1.09. The first-order chi connectivity index (χ1) is 13.3. The first-order valence-electron chi connectivity index (χ1n) is 9.37. The number of hydrogen-bond donors (Lipinski definition) is 1. The van der Waals surface area contributed by atoms with Crippen LogP contribution in [0.15, 0.2) is 36.5 Å². The summed E-state index contributed by atoms with van der Waals surface area (Å²) in [6.07, 6.45) is 2.55. The fourth-order valence-electron chi connectivity index (χ4n) is 4.26. The Morgan fingerprint density at radius 3 is 2.54 bits per heavy atom. The Hall–Kier alpha value is -2.39. The van der Waals surface area contributed by atoms with Gasteiger partial charge in [0.1, 0.15) is 0 Å². The van der Waals surface area contributed by atoms with E-state index in [0.29, 0.717) is 24.9 Å². The van der Waals surface area contributed by atoms with Gasteiger partial charge in [0.25, 0.3) is 0 Å². The molecule has 0 saturated carbocycles. The number of likely N-dealkylation sites (tertiary alicyclic amines) is 2. The molecule has 150 valence electrons. The van der Waals surface area contributed by atoms with Crippen molar-refractivity contribution < 1.29 is 13.2 Å². The third kappa shape index (κ3) is 4.20. The van der Waals surface area contributed by atoms with Gasteiger partial charge in [0.05, 0.1) is 6.26 Å². The maximum atomic E-state index is 12.7. The molecule has 2 unspecified atom stereocenters. The van der Waals surface area contributed by atoms with Crippen LogP contribution in [0.1, 0.15) is 11.1 Å². The van der Waals surface area contributed by atoms with Crippen LogP contribution in [0.5, 0.6) is 0 Å². The molecule has 1 aromatic heterocycles. The van der Waals surface area contributed by atoms with Crippen molar-refractivity contribution in [3.8, 4) is 0 Å². The molecule has 0 spiro atoms. The summed E-state index contributed by atoms with van der Waals surface area (Å²) in [6.45, 7) is 6.45. The molecule has 1 aromatic carbocycles. The Kier molecular flexibility index (Phi) is 4.88. The second-order valence-corrected chi connectivity index (χ2v) is 9.66. The van der Waals surface area contributed by atoms with Gasteiger partial charge in [0, 0.05) is 45.0 Å². The normalized spacial score (nSPS) is 22.4. The molecule has 1 N–H and O–H groups in total. The van der Waals surface area contributed by atoms with Crippen LogP contribution < -0.4 is 4.72 Å². The molecule has 2 aliphatic heterocycles. The maximum absolute atomic E-state index is 12.7. The summed E-state index contributed by atoms with van der Waals surface area (Å²) in [6, 6.07) is 9.87. The lowest BCUT2D eigenvalue weighted by molar-refractivity contribution is 0.197. The number of sulfonamides is 1. The van der Waals surface area contributed by atoms with Crippen molar-refractivity contribution >= 4 is 21.9 Å². The molecular formula is C19H25N5O3S. The van der Waals surface area contributed by atoms with E-state index >= 15 is 0 Å². The van der Waals surface area contributed by atoms with Gasteiger partial charge in [-0.15, -0.1) is 5.10 Å². The summed E-state index contributed by atoms with van der Waals surface area (Å²) in [5, 5.41) is 4.04. The van der Waals surface area contributed by atoms with E-state index in [0.717, 1.165) is 25.9 Å². The highest BCUT2D eigenvalue weighted by atomic mass is 32.2. The number of aryl methyl sites for hydroxylation is 1. The topological polar surface area (TPSA) is 87.5 Å². The van der Waals surface area contributed by atoms with Crippen LogP contribution >= 0.6 is 0 Å². The molecule has 0 bridgehead atoms. The predicted octanol–water partition coefficient (Wildman–Crippen LogP) is 1.59. The molecule has 0 aliphatic carbocycles. The SMILES string of the molecule is Cc1cccc(CN2CC3CN(C(=O)n4ccc(NS(C)(=O)=O)n4)CC3C2)c1. The van der Waals surface area contributed by atoms with Gasteiger partial charge in [-0.05, 0) is 24.3 Å². The average molecular weight is 404 g/mol. The molecule has 9 heteroatoms. The van der Waals surface area contributed by atoms with Gasteiger partial charge in [-0.3, -0.25) is 9.62 Å². The Bertz CT molecular complexity index is 973. The first kappa shape index (κ1) is 18.9. The number of carbonyl (C=O) groups excluding carboxylic acids is 1. The summed E-state index contributed by atoms with van der Waals surface area (Å²) in [7, 11) is -3.41. The number of benzene rings is 1. The van der Waals surface area contributed by atoms with Gasteiger partial charge in [-0.25, -0.2) is 13.2 Å². The number of nitrogens with one attached hydrogen (secondary N) is 1. The molecule has 2 atom stereocenters. The summed E-state index contributed by atoms with van der Waals surface area (Å²) < 4.78 is 26.1. The van der Waals surface area contributed by atoms with Gasteiger partial charge in [-0.2, -0.15) is 4.68 Å². The predicted molar refractivity (Wildman–Crippen MR) is 106 cm³/mol. The molecule has 4 rings (SSSR count). The second-order valence-electron chi connectivity index (χ2n) is 7.91. The monoisotopic (exact) mass is 403 g/mol. The smallest absolute Gasteiger partial charge is 0.322 e. The van der Waals surface area contributed by atoms with E-state index in [-0.39, 0.29) is 11.8 Å². The number of nitrogens with zero attached hydrogens (tertiary/aromatic N) is 4. The van der Waals surface area contributed by atoms with Crippen molar-refractivity contribution in [2.45, 2.75) is 13.5 Å². The Labute approximate surface area is 165 Å². The lowest BCUT2D eigenvalue weighted by Gasteiger charge is -2.21. The minimum absolute atomic E-state index is 0.152. The zero-order chi connectivity index (χ0) is 19.9. The fraction of sp³-hybridized carbons (Fsp3) is 0.474. The number of fused-ring (bicyclic) bond motifs is 1. The highest BCUT2D eigenvalue weighted by Crippen LogP contribution is 2.32. The highest BCUT2D eigenvalue weighted by molar-refractivity contribution is 7.92. The number of carbonyl (C=O) groups is 1. The Balaban J connectivity index is 1.34. The van der Waals surface area contributed by atoms with E-state index < -0.39 is 10.0 Å². The number of amides is 1. The van der Waals surface area contributed by atoms with Crippen molar-refractivity contribution in [3.63, 3.8) is 0 Å². The maximum Gasteiger partial charge on any atom is 0.344 e. The standard InChI is InChI=1S/C19H25N5O3S/c1-14-4-3-5-15(8-14)9-22-10-16-12-23(13-17(16)11-22)19(25)24-7-6-18(20-24)21-28(2,26)27/h3-8,16-17H,9-13H2,1-2H3,(H,20,21). The van der Waals surface area contributed by atoms with E-state index in [1.54, 1.807) is 0 Å². The van der Waals surface area contributed by atoms with Gasteiger partial charge in [0.2, 0.25) is 10.0 Å². The van der Waals surface area contributed by atoms with E-state index in [2.05, 4.69) is 45.9 Å². The van der Waals surface area contributed by atoms with E-state index in [1.807, 2.05) is 4.90 Å². The minimum atomic E-state index is -3.41. The van der Waals surface area contributed by atoms with Crippen LogP contribution in [0, 0.1) is 18.8 Å². The fourth-order valence-corrected chi connectivity index (χ4v) is 4.75. The minimum Gasteiger partial charge on any atom is -0.322 e. The summed E-state index contributed by atoms with van der Waals surface area (Å²) in [4.78, 5) is 17.0. The number of anilines is 1. The molecular weight excluding hydrogens is 378 g/mol. The zero-order valence-electron chi connectivity index (χ0n) is 16.1. The largest absolute Gasteiger partial charge is 0.344 e. The molecule has 28 heavy (non-hydrogen) atoms. The van der Waals surface area contributed by atoms with Crippen molar-refractivity contribution in [3.05, 3.63) is 47.7 Å². The van der Waals surface area contributed by atoms with Crippen LogP contribution in [0.4, 0.5) is 10.6 Å². The molecule has 1 amide bonds. The Morgan fingerprint density at radius 2 is 1.89 bits per heavy atom. The molecule has 2 saturated heterocycles. The quantitative estimate of drug-likeness (QED) is 0.838. The zero-order valence-corrected chi connectivity index (χ0v) is 16.9. The summed E-state index contributed by atoms with van der Waals surface area (Å²) >= 11 is 0. The molecule has 2 aliphatic rings. The lowest BCUT2D eigenvalue weighted by atomic mass is 10.0. The van der Waals surface area contributed by atoms with Crippen molar-refractivity contribution in [2.75, 3.05) is 37.2 Å². The van der Waals surface area contributed by atoms with Crippen LogP contribution in [0.25, 0.3) is 0 Å². The van der Waals surface area contributed by atoms with E-state index in [4.69, 9.17) is 0 Å². The van der Waals surface area contributed by atoms with Gasteiger partial charge >= 0.3 is 6.03 Å². The third-order valence-electron chi connectivity index (χ3n) is 5.40.